The second-order valence-corrected chi connectivity index (χ2v) is 6.00. The molecule has 128 valence electrons. The first kappa shape index (κ1) is 16.3. The van der Waals surface area contributed by atoms with Gasteiger partial charge in [0.1, 0.15) is 11.5 Å². The van der Waals surface area contributed by atoms with Crippen molar-refractivity contribution in [3.05, 3.63) is 36.1 Å². The van der Waals surface area contributed by atoms with Gasteiger partial charge >= 0.3 is 0 Å². The highest BCUT2D eigenvalue weighted by Crippen LogP contribution is 2.27. The molecule has 1 aromatic carbocycles. The second-order valence-electron chi connectivity index (χ2n) is 6.00. The fourth-order valence-corrected chi connectivity index (χ4v) is 2.90. The molecule has 0 spiro atoms. The first-order chi connectivity index (χ1) is 11.5. The molecule has 2 aromatic rings. The number of carbonyl (C=O) groups excluding carboxylic acids is 1. The van der Waals surface area contributed by atoms with E-state index >= 15 is 0 Å². The summed E-state index contributed by atoms with van der Waals surface area (Å²) in [6.07, 6.45) is 0. The van der Waals surface area contributed by atoms with Crippen molar-refractivity contribution < 1.29 is 14.4 Å². The monoisotopic (exact) mass is 330 g/mol. The molecule has 7 nitrogen and oxygen atoms in total. The predicted molar refractivity (Wildman–Crippen MR) is 91.2 cm³/mol. The molecular formula is C17H22N4O3. The lowest BCUT2D eigenvalue weighted by molar-refractivity contribution is -0.120. The van der Waals surface area contributed by atoms with Crippen LogP contribution in [0.4, 0.5) is 11.5 Å². The van der Waals surface area contributed by atoms with E-state index in [-0.39, 0.29) is 17.7 Å². The number of benzene rings is 1. The fraction of sp³-hybridized carbons (Fsp3) is 0.412. The smallest absolute Gasteiger partial charge is 0.242 e. The van der Waals surface area contributed by atoms with Gasteiger partial charge in [-0.1, -0.05) is 17.3 Å². The van der Waals surface area contributed by atoms with Gasteiger partial charge in [-0.05, 0) is 26.0 Å². The summed E-state index contributed by atoms with van der Waals surface area (Å²) in [4.78, 5) is 16.6. The molecule has 0 bridgehead atoms. The zero-order valence-corrected chi connectivity index (χ0v) is 13.9. The number of aromatic hydroxyl groups is 1. The third kappa shape index (κ3) is 3.51. The first-order valence-corrected chi connectivity index (χ1v) is 8.06. The quantitative estimate of drug-likeness (QED) is 0.890. The van der Waals surface area contributed by atoms with Crippen LogP contribution in [-0.2, 0) is 4.79 Å². The van der Waals surface area contributed by atoms with Crippen LogP contribution in [0.3, 0.4) is 0 Å². The number of nitrogens with one attached hydrogen (secondary N) is 1. The Morgan fingerprint density at radius 3 is 2.62 bits per heavy atom. The van der Waals surface area contributed by atoms with Crippen molar-refractivity contribution in [1.29, 1.82) is 0 Å². The molecule has 0 radical (unpaired) electrons. The van der Waals surface area contributed by atoms with Crippen molar-refractivity contribution in [3.8, 4) is 5.75 Å². The Balaban J connectivity index is 1.56. The Morgan fingerprint density at radius 2 is 2.00 bits per heavy atom. The zero-order chi connectivity index (χ0) is 17.1. The number of carbonyl (C=O) groups is 1. The van der Waals surface area contributed by atoms with Crippen LogP contribution in [0.2, 0.25) is 0 Å². The highest BCUT2D eigenvalue weighted by molar-refractivity contribution is 5.93. The standard InChI is InChI=1S/C17H22N4O3/c1-12-11-16(19-24-12)18-17(23)13(2)20-7-9-21(10-8-20)14-5-3-4-6-15(14)22/h3-6,11,13,22H,7-10H2,1-2H3,(H,18,19,23)/t13-/m1/s1. The van der Waals surface area contributed by atoms with E-state index in [2.05, 4.69) is 20.3 Å². The minimum Gasteiger partial charge on any atom is -0.506 e. The van der Waals surface area contributed by atoms with E-state index in [9.17, 15) is 9.90 Å². The Labute approximate surface area is 140 Å². The normalized spacial score (nSPS) is 16.8. The summed E-state index contributed by atoms with van der Waals surface area (Å²) in [5.41, 5.74) is 0.840. The number of aryl methyl sites for hydroxylation is 1. The molecule has 1 aromatic heterocycles. The van der Waals surface area contributed by atoms with Crippen LogP contribution in [-0.4, -0.2) is 53.3 Å². The van der Waals surface area contributed by atoms with E-state index in [4.69, 9.17) is 4.52 Å². The van der Waals surface area contributed by atoms with Crippen molar-refractivity contribution >= 4 is 17.4 Å². The third-order valence-corrected chi connectivity index (χ3v) is 4.34. The highest BCUT2D eigenvalue weighted by Gasteiger charge is 2.26. The Bertz CT molecular complexity index is 707. The number of hydrogen-bond donors (Lipinski definition) is 2. The summed E-state index contributed by atoms with van der Waals surface area (Å²) < 4.78 is 4.96. The molecular weight excluding hydrogens is 308 g/mol. The van der Waals surface area contributed by atoms with Gasteiger partial charge in [-0.3, -0.25) is 9.69 Å². The molecule has 1 fully saturated rings. The van der Waals surface area contributed by atoms with Crippen LogP contribution in [0.1, 0.15) is 12.7 Å². The molecule has 1 amide bonds. The SMILES string of the molecule is Cc1cc(NC(=O)[C@@H](C)N2CCN(c3ccccc3O)CC2)no1. The van der Waals surface area contributed by atoms with Crippen molar-refractivity contribution in [2.75, 3.05) is 36.4 Å². The number of anilines is 2. The number of para-hydroxylation sites is 2. The number of rotatable bonds is 4. The van der Waals surface area contributed by atoms with E-state index in [1.165, 1.54) is 0 Å². The number of piperazine rings is 1. The minimum atomic E-state index is -0.256. The van der Waals surface area contributed by atoms with Gasteiger partial charge in [0.2, 0.25) is 5.91 Å². The van der Waals surface area contributed by atoms with Gasteiger partial charge in [0.05, 0.1) is 11.7 Å². The van der Waals surface area contributed by atoms with Gasteiger partial charge in [0.25, 0.3) is 0 Å². The molecule has 1 atom stereocenters. The van der Waals surface area contributed by atoms with Crippen molar-refractivity contribution in [3.63, 3.8) is 0 Å². The summed E-state index contributed by atoms with van der Waals surface area (Å²) in [7, 11) is 0. The zero-order valence-electron chi connectivity index (χ0n) is 13.9. The Hall–Kier alpha value is -2.54. The average molecular weight is 330 g/mol. The molecule has 1 aliphatic heterocycles. The maximum atomic E-state index is 12.3. The fourth-order valence-electron chi connectivity index (χ4n) is 2.90. The van der Waals surface area contributed by atoms with Crippen LogP contribution in [0.5, 0.6) is 5.75 Å². The predicted octanol–water partition coefficient (Wildman–Crippen LogP) is 1.84. The van der Waals surface area contributed by atoms with E-state index in [0.29, 0.717) is 11.6 Å². The van der Waals surface area contributed by atoms with Crippen molar-refractivity contribution in [1.82, 2.24) is 10.1 Å². The van der Waals surface area contributed by atoms with Crippen LogP contribution >= 0.6 is 0 Å². The van der Waals surface area contributed by atoms with Crippen molar-refractivity contribution in [2.45, 2.75) is 19.9 Å². The Morgan fingerprint density at radius 1 is 1.29 bits per heavy atom. The number of amides is 1. The molecule has 3 rings (SSSR count). The number of phenols is 1. The molecule has 7 heteroatoms. The van der Waals surface area contributed by atoms with Gasteiger partial charge in [-0.25, -0.2) is 0 Å². The molecule has 1 aliphatic rings. The maximum Gasteiger partial charge on any atom is 0.242 e. The molecule has 0 saturated carbocycles. The highest BCUT2D eigenvalue weighted by atomic mass is 16.5. The summed E-state index contributed by atoms with van der Waals surface area (Å²) >= 11 is 0. The molecule has 1 saturated heterocycles. The number of aromatic nitrogens is 1. The van der Waals surface area contributed by atoms with Gasteiger partial charge < -0.3 is 19.8 Å². The van der Waals surface area contributed by atoms with E-state index < -0.39 is 0 Å². The van der Waals surface area contributed by atoms with Crippen LogP contribution in [0.15, 0.2) is 34.9 Å². The molecule has 24 heavy (non-hydrogen) atoms. The Kier molecular flexibility index (Phi) is 4.71. The summed E-state index contributed by atoms with van der Waals surface area (Å²) in [6, 6.07) is 8.77. The number of nitrogens with zero attached hydrogens (tertiary/aromatic N) is 3. The van der Waals surface area contributed by atoms with Crippen LogP contribution in [0.25, 0.3) is 0 Å². The third-order valence-electron chi connectivity index (χ3n) is 4.34. The largest absolute Gasteiger partial charge is 0.506 e. The minimum absolute atomic E-state index is 0.0979. The summed E-state index contributed by atoms with van der Waals surface area (Å²) in [6.45, 7) is 6.69. The van der Waals surface area contributed by atoms with Gasteiger partial charge in [-0.2, -0.15) is 0 Å². The topological polar surface area (TPSA) is 81.8 Å². The molecule has 2 N–H and O–H groups in total. The molecule has 0 unspecified atom stereocenters. The van der Waals surface area contributed by atoms with E-state index in [0.717, 1.165) is 31.9 Å². The van der Waals surface area contributed by atoms with Gasteiger partial charge in [-0.15, -0.1) is 0 Å². The lowest BCUT2D eigenvalue weighted by Crippen LogP contribution is -2.52. The second kappa shape index (κ2) is 6.92. The van der Waals surface area contributed by atoms with Crippen LogP contribution in [0, 0.1) is 6.92 Å². The number of phenolic OH excluding ortho intramolecular Hbond substituents is 1. The first-order valence-electron chi connectivity index (χ1n) is 8.06. The summed E-state index contributed by atoms with van der Waals surface area (Å²) in [5, 5.41) is 16.5. The van der Waals surface area contributed by atoms with Crippen molar-refractivity contribution in [2.24, 2.45) is 0 Å². The van der Waals surface area contributed by atoms with Crippen LogP contribution < -0.4 is 10.2 Å². The molecule has 2 heterocycles. The van der Waals surface area contributed by atoms with Gasteiger partial charge in [0.15, 0.2) is 5.82 Å². The lowest BCUT2D eigenvalue weighted by Gasteiger charge is -2.38. The maximum absolute atomic E-state index is 12.3. The lowest BCUT2D eigenvalue weighted by atomic mass is 10.2. The van der Waals surface area contributed by atoms with E-state index in [1.807, 2.05) is 25.1 Å². The summed E-state index contributed by atoms with van der Waals surface area (Å²) in [5.74, 6) is 1.30. The number of hydrogen-bond acceptors (Lipinski definition) is 6. The molecule has 0 aliphatic carbocycles. The average Bonchev–Trinajstić information content (AvgIpc) is 2.99. The van der Waals surface area contributed by atoms with E-state index in [1.54, 1.807) is 19.1 Å². The van der Waals surface area contributed by atoms with Gasteiger partial charge in [0, 0.05) is 32.2 Å².